The van der Waals surface area contributed by atoms with E-state index < -0.39 is 0 Å². The number of carbonyl (C=O) groups excluding carboxylic acids is 2. The Balaban J connectivity index is 1.49. The molecule has 0 bridgehead atoms. The summed E-state index contributed by atoms with van der Waals surface area (Å²) in [6.07, 6.45) is 2.16. The molecule has 1 heterocycles. The maximum atomic E-state index is 12.7. The highest BCUT2D eigenvalue weighted by molar-refractivity contribution is 6.35. The first-order valence-electron chi connectivity index (χ1n) is 12.4. The van der Waals surface area contributed by atoms with Gasteiger partial charge in [0, 0.05) is 40.8 Å². The zero-order chi connectivity index (χ0) is 26.4. The van der Waals surface area contributed by atoms with E-state index in [1.165, 1.54) is 12.5 Å². The highest BCUT2D eigenvalue weighted by atomic mass is 35.5. The fourth-order valence-corrected chi connectivity index (χ4v) is 5.42. The van der Waals surface area contributed by atoms with Gasteiger partial charge in [-0.1, -0.05) is 59.6 Å². The summed E-state index contributed by atoms with van der Waals surface area (Å²) in [5, 5.41) is 9.66. The number of nitrogens with zero attached hydrogens (tertiary/aromatic N) is 1. The third-order valence-corrected chi connectivity index (χ3v) is 7.23. The van der Waals surface area contributed by atoms with Crippen LogP contribution in [0.4, 0.5) is 16.2 Å². The van der Waals surface area contributed by atoms with Crippen molar-refractivity contribution in [2.24, 2.45) is 5.92 Å². The van der Waals surface area contributed by atoms with Crippen LogP contribution in [0.15, 0.2) is 66.7 Å². The monoisotopic (exact) mass is 538 g/mol. The standard InChI is InChI=1S/C29H32Cl2N4O2/c1-19(36)33-26-5-3-4-23(14-26)20-6-8-21(9-7-20)28(22-10-12-35(2)13-11-22)18-32-29(37)34-27-16-24(30)15-25(31)17-27/h3-9,14-17,22,28H,10-13,18H2,1-2H3,(H,33,36)(H2,32,34,37). The van der Waals surface area contributed by atoms with E-state index in [1.807, 2.05) is 24.3 Å². The minimum Gasteiger partial charge on any atom is -0.337 e. The van der Waals surface area contributed by atoms with Gasteiger partial charge in [0.25, 0.3) is 0 Å². The van der Waals surface area contributed by atoms with Crippen LogP contribution in [0.5, 0.6) is 0 Å². The molecule has 8 heteroatoms. The number of rotatable bonds is 7. The lowest BCUT2D eigenvalue weighted by Gasteiger charge is -2.35. The first kappa shape index (κ1) is 27.0. The number of urea groups is 1. The van der Waals surface area contributed by atoms with Crippen LogP contribution < -0.4 is 16.0 Å². The first-order chi connectivity index (χ1) is 17.8. The molecular weight excluding hydrogens is 507 g/mol. The Morgan fingerprint density at radius 3 is 2.22 bits per heavy atom. The minimum absolute atomic E-state index is 0.0940. The largest absolute Gasteiger partial charge is 0.337 e. The van der Waals surface area contributed by atoms with Gasteiger partial charge in [-0.15, -0.1) is 0 Å². The molecule has 1 saturated heterocycles. The summed E-state index contributed by atoms with van der Waals surface area (Å²) in [4.78, 5) is 26.5. The van der Waals surface area contributed by atoms with E-state index in [1.54, 1.807) is 18.2 Å². The summed E-state index contributed by atoms with van der Waals surface area (Å²) < 4.78 is 0. The van der Waals surface area contributed by atoms with Gasteiger partial charge in [0.2, 0.25) is 5.91 Å². The molecule has 1 fully saturated rings. The molecule has 1 aliphatic heterocycles. The second-order valence-electron chi connectivity index (χ2n) is 9.62. The van der Waals surface area contributed by atoms with Gasteiger partial charge >= 0.3 is 6.03 Å². The van der Waals surface area contributed by atoms with Crippen LogP contribution >= 0.6 is 23.2 Å². The Hall–Kier alpha value is -3.06. The number of benzene rings is 3. The van der Waals surface area contributed by atoms with Crippen molar-refractivity contribution in [3.8, 4) is 11.1 Å². The molecule has 3 N–H and O–H groups in total. The molecule has 3 aromatic carbocycles. The number of hydrogen-bond acceptors (Lipinski definition) is 3. The number of likely N-dealkylation sites (tertiary alicyclic amines) is 1. The van der Waals surface area contributed by atoms with Gasteiger partial charge in [0.1, 0.15) is 0 Å². The summed E-state index contributed by atoms with van der Waals surface area (Å²) >= 11 is 12.1. The lowest BCUT2D eigenvalue weighted by molar-refractivity contribution is -0.114. The molecular formula is C29H32Cl2N4O2. The van der Waals surface area contributed by atoms with E-state index in [2.05, 4.69) is 52.2 Å². The molecule has 3 aromatic rings. The molecule has 1 unspecified atom stereocenters. The van der Waals surface area contributed by atoms with Crippen molar-refractivity contribution < 1.29 is 9.59 Å². The molecule has 6 nitrogen and oxygen atoms in total. The van der Waals surface area contributed by atoms with Gasteiger partial charge in [-0.25, -0.2) is 4.79 Å². The first-order valence-corrected chi connectivity index (χ1v) is 13.2. The van der Waals surface area contributed by atoms with Crippen LogP contribution in [0.1, 0.15) is 31.2 Å². The smallest absolute Gasteiger partial charge is 0.319 e. The van der Waals surface area contributed by atoms with Gasteiger partial charge in [-0.05, 0) is 85.9 Å². The van der Waals surface area contributed by atoms with Crippen LogP contribution in [0, 0.1) is 5.92 Å². The van der Waals surface area contributed by atoms with Gasteiger partial charge in [-0.3, -0.25) is 4.79 Å². The molecule has 0 aliphatic carbocycles. The highest BCUT2D eigenvalue weighted by Gasteiger charge is 2.27. The maximum absolute atomic E-state index is 12.7. The van der Waals surface area contributed by atoms with E-state index in [-0.39, 0.29) is 17.9 Å². The molecule has 194 valence electrons. The minimum atomic E-state index is -0.289. The lowest BCUT2D eigenvalue weighted by atomic mass is 9.79. The van der Waals surface area contributed by atoms with Crippen LogP contribution in [-0.4, -0.2) is 43.5 Å². The van der Waals surface area contributed by atoms with E-state index in [4.69, 9.17) is 23.2 Å². The summed E-state index contributed by atoms with van der Waals surface area (Å²) in [5.74, 6) is 0.552. The lowest BCUT2D eigenvalue weighted by Crippen LogP contribution is -2.38. The Morgan fingerprint density at radius 1 is 0.892 bits per heavy atom. The van der Waals surface area contributed by atoms with Gasteiger partial charge < -0.3 is 20.9 Å². The van der Waals surface area contributed by atoms with E-state index in [0.717, 1.165) is 42.7 Å². The Kier molecular flexibility index (Phi) is 9.09. The molecule has 4 rings (SSSR count). The van der Waals surface area contributed by atoms with Crippen molar-refractivity contribution in [3.63, 3.8) is 0 Å². The van der Waals surface area contributed by atoms with Crippen molar-refractivity contribution >= 4 is 46.5 Å². The maximum Gasteiger partial charge on any atom is 0.319 e. The third kappa shape index (κ3) is 7.71. The number of carbonyl (C=O) groups is 2. The van der Waals surface area contributed by atoms with Crippen LogP contribution in [0.25, 0.3) is 11.1 Å². The number of amides is 3. The van der Waals surface area contributed by atoms with Gasteiger partial charge in [0.05, 0.1) is 0 Å². The number of halogens is 2. The second kappa shape index (κ2) is 12.5. The quantitative estimate of drug-likeness (QED) is 0.307. The van der Waals surface area contributed by atoms with Crippen molar-refractivity contribution in [3.05, 3.63) is 82.3 Å². The predicted molar refractivity (Wildman–Crippen MR) is 153 cm³/mol. The molecule has 0 radical (unpaired) electrons. The number of nitrogens with one attached hydrogen (secondary N) is 3. The highest BCUT2D eigenvalue weighted by Crippen LogP contribution is 2.34. The molecule has 0 spiro atoms. The predicted octanol–water partition coefficient (Wildman–Crippen LogP) is 6.87. The topological polar surface area (TPSA) is 73.5 Å². The summed E-state index contributed by atoms with van der Waals surface area (Å²) in [6, 6.07) is 21.0. The SMILES string of the molecule is CC(=O)Nc1cccc(-c2ccc(C(CNC(=O)Nc3cc(Cl)cc(Cl)c3)C3CCN(C)CC3)cc2)c1. The van der Waals surface area contributed by atoms with Crippen LogP contribution in [0.2, 0.25) is 10.0 Å². The van der Waals surface area contributed by atoms with Crippen molar-refractivity contribution in [1.29, 1.82) is 0 Å². The molecule has 3 amide bonds. The Morgan fingerprint density at radius 2 is 1.57 bits per heavy atom. The number of piperidine rings is 1. The fraction of sp³-hybridized carbons (Fsp3) is 0.310. The third-order valence-electron chi connectivity index (χ3n) is 6.79. The van der Waals surface area contributed by atoms with E-state index >= 15 is 0 Å². The zero-order valence-corrected chi connectivity index (χ0v) is 22.6. The van der Waals surface area contributed by atoms with Crippen molar-refractivity contribution in [1.82, 2.24) is 10.2 Å². The Labute approximate surface area is 228 Å². The summed E-state index contributed by atoms with van der Waals surface area (Å²) in [6.45, 7) is 4.11. The van der Waals surface area contributed by atoms with E-state index in [0.29, 0.717) is 28.2 Å². The average Bonchev–Trinajstić information content (AvgIpc) is 2.85. The molecule has 1 atom stereocenters. The molecule has 1 aliphatic rings. The summed E-state index contributed by atoms with van der Waals surface area (Å²) in [5.41, 5.74) is 4.63. The number of hydrogen-bond donors (Lipinski definition) is 3. The average molecular weight is 540 g/mol. The fourth-order valence-electron chi connectivity index (χ4n) is 4.89. The second-order valence-corrected chi connectivity index (χ2v) is 10.5. The van der Waals surface area contributed by atoms with E-state index in [9.17, 15) is 9.59 Å². The van der Waals surface area contributed by atoms with Gasteiger partial charge in [0.15, 0.2) is 0 Å². The Bertz CT molecular complexity index is 1220. The zero-order valence-electron chi connectivity index (χ0n) is 21.1. The number of anilines is 2. The summed E-state index contributed by atoms with van der Waals surface area (Å²) in [7, 11) is 2.15. The molecule has 0 saturated carbocycles. The normalized spacial score (nSPS) is 15.1. The molecule has 37 heavy (non-hydrogen) atoms. The molecule has 0 aromatic heterocycles. The van der Waals surface area contributed by atoms with Crippen LogP contribution in [-0.2, 0) is 4.79 Å². The van der Waals surface area contributed by atoms with Crippen molar-refractivity contribution in [2.75, 3.05) is 37.3 Å². The van der Waals surface area contributed by atoms with Crippen molar-refractivity contribution in [2.45, 2.75) is 25.7 Å². The van der Waals surface area contributed by atoms with Crippen LogP contribution in [0.3, 0.4) is 0 Å². The van der Waals surface area contributed by atoms with Gasteiger partial charge in [-0.2, -0.15) is 0 Å².